The van der Waals surface area contributed by atoms with Gasteiger partial charge in [-0.3, -0.25) is 9.59 Å². The third-order valence-electron chi connectivity index (χ3n) is 3.90. The van der Waals surface area contributed by atoms with E-state index in [2.05, 4.69) is 10.6 Å². The van der Waals surface area contributed by atoms with Crippen LogP contribution in [0, 0.1) is 5.92 Å². The molecule has 2 aromatic rings. The van der Waals surface area contributed by atoms with Crippen LogP contribution in [-0.4, -0.2) is 32.6 Å². The van der Waals surface area contributed by atoms with Crippen molar-refractivity contribution in [1.29, 1.82) is 0 Å². The third kappa shape index (κ3) is 6.26. The second-order valence-electron chi connectivity index (χ2n) is 6.69. The summed E-state index contributed by atoms with van der Waals surface area (Å²) in [7, 11) is 3.07. The van der Waals surface area contributed by atoms with E-state index in [9.17, 15) is 9.59 Å². The highest BCUT2D eigenvalue weighted by Crippen LogP contribution is 2.37. The van der Waals surface area contributed by atoms with Crippen molar-refractivity contribution >= 4 is 35.2 Å². The molecule has 0 saturated heterocycles. The topological polar surface area (TPSA) is 76.7 Å². The van der Waals surface area contributed by atoms with Gasteiger partial charge in [0.2, 0.25) is 5.91 Å². The van der Waals surface area contributed by atoms with Crippen LogP contribution in [-0.2, 0) is 4.79 Å². The summed E-state index contributed by atoms with van der Waals surface area (Å²) in [5, 5.41) is 5.65. The Morgan fingerprint density at radius 3 is 2.59 bits per heavy atom. The number of para-hydroxylation sites is 1. The van der Waals surface area contributed by atoms with Crippen molar-refractivity contribution in [3.63, 3.8) is 0 Å². The first-order chi connectivity index (χ1) is 13.8. The van der Waals surface area contributed by atoms with Crippen molar-refractivity contribution in [1.82, 2.24) is 5.32 Å². The number of hydrogen-bond acceptors (Lipinski definition) is 4. The Kier molecular flexibility index (Phi) is 8.09. The Hall–Kier alpha value is -2.99. The van der Waals surface area contributed by atoms with Crippen molar-refractivity contribution < 1.29 is 19.1 Å². The lowest BCUT2D eigenvalue weighted by Gasteiger charge is -2.14. The number of benzene rings is 2. The number of nitrogens with one attached hydrogen (secondary N) is 2. The number of ether oxygens (including phenoxy) is 2. The molecule has 0 aromatic heterocycles. The van der Waals surface area contributed by atoms with Crippen LogP contribution in [0.5, 0.6) is 11.5 Å². The normalized spacial score (nSPS) is 10.8. The number of halogens is 1. The van der Waals surface area contributed by atoms with E-state index in [1.54, 1.807) is 42.5 Å². The Morgan fingerprint density at radius 1 is 1.21 bits per heavy atom. The van der Waals surface area contributed by atoms with Gasteiger partial charge in [0, 0.05) is 13.1 Å². The highest BCUT2D eigenvalue weighted by atomic mass is 35.5. The van der Waals surface area contributed by atoms with Crippen LogP contribution in [0.2, 0.25) is 5.02 Å². The van der Waals surface area contributed by atoms with E-state index in [1.165, 1.54) is 20.2 Å². The predicted molar refractivity (Wildman–Crippen MR) is 116 cm³/mol. The van der Waals surface area contributed by atoms with Crippen LogP contribution >= 0.6 is 11.6 Å². The first-order valence-corrected chi connectivity index (χ1v) is 9.54. The van der Waals surface area contributed by atoms with Crippen molar-refractivity contribution in [2.45, 2.75) is 13.8 Å². The number of hydrogen-bond donors (Lipinski definition) is 2. The van der Waals surface area contributed by atoms with E-state index >= 15 is 0 Å². The zero-order chi connectivity index (χ0) is 21.4. The largest absolute Gasteiger partial charge is 0.493 e. The van der Waals surface area contributed by atoms with E-state index < -0.39 is 0 Å². The first kappa shape index (κ1) is 22.3. The summed E-state index contributed by atoms with van der Waals surface area (Å²) in [6.07, 6.45) is 2.97. The van der Waals surface area contributed by atoms with Crippen molar-refractivity contribution in [2.75, 3.05) is 26.1 Å². The molecule has 154 valence electrons. The third-order valence-corrected chi connectivity index (χ3v) is 4.18. The summed E-state index contributed by atoms with van der Waals surface area (Å²) in [4.78, 5) is 24.2. The molecule has 0 saturated carbocycles. The SMILES string of the molecule is CNC(=O)c1ccccc1NC(=O)/C=C/c1cc(Cl)c(OCC(C)C)c(OC)c1. The van der Waals surface area contributed by atoms with Gasteiger partial charge in [0.05, 0.1) is 30.0 Å². The molecule has 0 aliphatic rings. The summed E-state index contributed by atoms with van der Waals surface area (Å²) in [5.41, 5.74) is 1.49. The van der Waals surface area contributed by atoms with Crippen LogP contribution in [0.4, 0.5) is 5.69 Å². The molecule has 0 atom stereocenters. The van der Waals surface area contributed by atoms with E-state index in [4.69, 9.17) is 21.1 Å². The fraction of sp³-hybridized carbons (Fsp3) is 0.273. The summed E-state index contributed by atoms with van der Waals surface area (Å²) in [6, 6.07) is 10.2. The van der Waals surface area contributed by atoms with Crippen molar-refractivity contribution in [3.05, 3.63) is 58.6 Å². The van der Waals surface area contributed by atoms with Crippen molar-refractivity contribution in [3.8, 4) is 11.5 Å². The number of methoxy groups -OCH3 is 1. The van der Waals surface area contributed by atoms with Gasteiger partial charge < -0.3 is 20.1 Å². The molecule has 0 bridgehead atoms. The van der Waals surface area contributed by atoms with Gasteiger partial charge in [0.25, 0.3) is 5.91 Å². The Labute approximate surface area is 175 Å². The second-order valence-corrected chi connectivity index (χ2v) is 7.09. The first-order valence-electron chi connectivity index (χ1n) is 9.16. The minimum atomic E-state index is -0.378. The van der Waals surface area contributed by atoms with Gasteiger partial charge in [-0.25, -0.2) is 0 Å². The number of carbonyl (C=O) groups excluding carboxylic acids is 2. The number of rotatable bonds is 8. The molecule has 29 heavy (non-hydrogen) atoms. The number of carbonyl (C=O) groups is 2. The summed E-state index contributed by atoms with van der Waals surface area (Å²) >= 11 is 6.33. The quantitative estimate of drug-likeness (QED) is 0.625. The van der Waals surface area contributed by atoms with Crippen LogP contribution in [0.1, 0.15) is 29.8 Å². The van der Waals surface area contributed by atoms with Gasteiger partial charge in [-0.05, 0) is 41.8 Å². The zero-order valence-electron chi connectivity index (χ0n) is 16.9. The smallest absolute Gasteiger partial charge is 0.253 e. The van der Waals surface area contributed by atoms with Gasteiger partial charge in [0.15, 0.2) is 11.5 Å². The summed E-state index contributed by atoms with van der Waals surface area (Å²) < 4.78 is 11.1. The van der Waals surface area contributed by atoms with Gasteiger partial charge in [-0.15, -0.1) is 0 Å². The molecule has 0 heterocycles. The molecular weight excluding hydrogens is 392 g/mol. The van der Waals surface area contributed by atoms with E-state index in [0.717, 1.165) is 0 Å². The number of anilines is 1. The fourth-order valence-corrected chi connectivity index (χ4v) is 2.77. The Balaban J connectivity index is 2.16. The minimum absolute atomic E-state index is 0.279. The highest BCUT2D eigenvalue weighted by Gasteiger charge is 2.13. The lowest BCUT2D eigenvalue weighted by Crippen LogP contribution is -2.20. The maximum atomic E-state index is 12.3. The maximum Gasteiger partial charge on any atom is 0.253 e. The Morgan fingerprint density at radius 2 is 1.93 bits per heavy atom. The van der Waals surface area contributed by atoms with E-state index in [0.29, 0.717) is 45.9 Å². The lowest BCUT2D eigenvalue weighted by molar-refractivity contribution is -0.111. The minimum Gasteiger partial charge on any atom is -0.493 e. The van der Waals surface area contributed by atoms with Crippen LogP contribution < -0.4 is 20.1 Å². The molecule has 2 N–H and O–H groups in total. The molecule has 0 radical (unpaired) electrons. The Bertz CT molecular complexity index is 910. The molecule has 0 aliphatic carbocycles. The molecule has 7 heteroatoms. The fourth-order valence-electron chi connectivity index (χ4n) is 2.50. The van der Waals surface area contributed by atoms with E-state index in [1.807, 2.05) is 13.8 Å². The molecule has 2 aromatic carbocycles. The number of amides is 2. The molecule has 0 spiro atoms. The average molecular weight is 417 g/mol. The summed E-state index contributed by atoms with van der Waals surface area (Å²) in [5.74, 6) is 0.652. The zero-order valence-corrected chi connectivity index (χ0v) is 17.7. The van der Waals surface area contributed by atoms with Crippen molar-refractivity contribution in [2.24, 2.45) is 5.92 Å². The molecule has 0 aliphatic heterocycles. The molecule has 2 rings (SSSR count). The second kappa shape index (κ2) is 10.5. The average Bonchev–Trinajstić information content (AvgIpc) is 2.70. The summed E-state index contributed by atoms with van der Waals surface area (Å²) in [6.45, 7) is 4.59. The van der Waals surface area contributed by atoms with Gasteiger partial charge in [-0.1, -0.05) is 37.6 Å². The monoisotopic (exact) mass is 416 g/mol. The van der Waals surface area contributed by atoms with Crippen LogP contribution in [0.15, 0.2) is 42.5 Å². The molecule has 0 fully saturated rings. The van der Waals surface area contributed by atoms with Crippen LogP contribution in [0.3, 0.4) is 0 Å². The van der Waals surface area contributed by atoms with Gasteiger partial charge in [0.1, 0.15) is 0 Å². The predicted octanol–water partition coefficient (Wildman–Crippen LogP) is 4.39. The molecule has 6 nitrogen and oxygen atoms in total. The van der Waals surface area contributed by atoms with Gasteiger partial charge in [-0.2, -0.15) is 0 Å². The lowest BCUT2D eigenvalue weighted by atomic mass is 10.1. The molecular formula is C22H25ClN2O4. The maximum absolute atomic E-state index is 12.3. The van der Waals surface area contributed by atoms with E-state index in [-0.39, 0.29) is 11.8 Å². The van der Waals surface area contributed by atoms with Gasteiger partial charge >= 0.3 is 0 Å². The standard InChI is InChI=1S/C22H25ClN2O4/c1-14(2)13-29-21-17(23)11-15(12-19(21)28-4)9-10-20(26)25-18-8-6-5-7-16(18)22(27)24-3/h5-12,14H,13H2,1-4H3,(H,24,27)(H,25,26)/b10-9+. The molecule has 2 amide bonds. The molecule has 0 unspecified atom stereocenters. The highest BCUT2D eigenvalue weighted by molar-refractivity contribution is 6.32. The van der Waals surface area contributed by atoms with Crippen LogP contribution in [0.25, 0.3) is 6.08 Å².